The highest BCUT2D eigenvalue weighted by atomic mass is 15.0. The Morgan fingerprint density at radius 2 is 2.38 bits per heavy atom. The summed E-state index contributed by atoms with van der Waals surface area (Å²) in [7, 11) is 0. The van der Waals surface area contributed by atoms with Gasteiger partial charge in [-0.25, -0.2) is 4.98 Å². The van der Waals surface area contributed by atoms with Gasteiger partial charge in [-0.05, 0) is 25.8 Å². The molecule has 0 saturated carbocycles. The van der Waals surface area contributed by atoms with Crippen molar-refractivity contribution in [1.82, 2.24) is 9.55 Å². The Labute approximate surface area is 79.6 Å². The molecule has 1 aromatic heterocycles. The van der Waals surface area contributed by atoms with E-state index in [0.717, 1.165) is 12.2 Å². The molecule has 0 spiro atoms. The highest BCUT2D eigenvalue weighted by Gasteiger charge is 1.93. The van der Waals surface area contributed by atoms with Crippen molar-refractivity contribution in [2.75, 3.05) is 0 Å². The van der Waals surface area contributed by atoms with Crippen LogP contribution in [0.3, 0.4) is 0 Å². The zero-order valence-electron chi connectivity index (χ0n) is 8.49. The van der Waals surface area contributed by atoms with Crippen molar-refractivity contribution >= 4 is 6.20 Å². The smallest absolute Gasteiger partial charge is 0.109 e. The molecule has 0 aliphatic carbocycles. The van der Waals surface area contributed by atoms with Gasteiger partial charge in [0.05, 0.1) is 0 Å². The molecule has 0 unspecified atom stereocenters. The van der Waals surface area contributed by atoms with E-state index in [-0.39, 0.29) is 0 Å². The lowest BCUT2D eigenvalue weighted by atomic mass is 10.2. The molecule has 0 saturated heterocycles. The quantitative estimate of drug-likeness (QED) is 0.647. The van der Waals surface area contributed by atoms with Gasteiger partial charge in [0.1, 0.15) is 5.82 Å². The summed E-state index contributed by atoms with van der Waals surface area (Å²) in [4.78, 5) is 4.16. The molecule has 1 heterocycles. The van der Waals surface area contributed by atoms with Gasteiger partial charge < -0.3 is 4.57 Å². The van der Waals surface area contributed by atoms with Crippen molar-refractivity contribution in [3.05, 3.63) is 35.9 Å². The Morgan fingerprint density at radius 1 is 1.62 bits per heavy atom. The third-order valence-electron chi connectivity index (χ3n) is 1.96. The first-order valence-corrected chi connectivity index (χ1v) is 4.60. The summed E-state index contributed by atoms with van der Waals surface area (Å²) in [5, 5.41) is 0. The van der Waals surface area contributed by atoms with Crippen molar-refractivity contribution in [3.63, 3.8) is 0 Å². The summed E-state index contributed by atoms with van der Waals surface area (Å²) in [5.74, 6) is 1.02. The molecule has 70 valence electrons. The first-order chi connectivity index (χ1) is 6.27. The molecule has 2 heteroatoms. The first kappa shape index (κ1) is 9.78. The molecule has 2 nitrogen and oxygen atoms in total. The van der Waals surface area contributed by atoms with Crippen LogP contribution in [0.5, 0.6) is 0 Å². The predicted molar refractivity (Wildman–Crippen MR) is 56.3 cm³/mol. The summed E-state index contributed by atoms with van der Waals surface area (Å²) < 4.78 is 2.04. The highest BCUT2D eigenvalue weighted by Crippen LogP contribution is 2.06. The SMILES string of the molecule is C/C=C\C(=C/n1ccnc1C)CC. The Kier molecular flexibility index (Phi) is 3.50. The van der Waals surface area contributed by atoms with Crippen LogP contribution in [0, 0.1) is 6.92 Å². The Bertz CT molecular complexity index is 319. The molecule has 13 heavy (non-hydrogen) atoms. The number of allylic oxidation sites excluding steroid dienone is 3. The van der Waals surface area contributed by atoms with Crippen molar-refractivity contribution in [2.24, 2.45) is 0 Å². The third-order valence-corrected chi connectivity index (χ3v) is 1.96. The van der Waals surface area contributed by atoms with Crippen LogP contribution in [0.1, 0.15) is 26.1 Å². The minimum absolute atomic E-state index is 1.02. The molecule has 1 aromatic rings. The van der Waals surface area contributed by atoms with E-state index >= 15 is 0 Å². The largest absolute Gasteiger partial charge is 0.311 e. The lowest BCUT2D eigenvalue weighted by molar-refractivity contribution is 1.01. The van der Waals surface area contributed by atoms with Gasteiger partial charge in [-0.1, -0.05) is 19.1 Å². The Morgan fingerprint density at radius 3 is 2.85 bits per heavy atom. The van der Waals surface area contributed by atoms with Crippen LogP contribution < -0.4 is 0 Å². The predicted octanol–water partition coefficient (Wildman–Crippen LogP) is 3.02. The molecule has 0 aromatic carbocycles. The van der Waals surface area contributed by atoms with E-state index < -0.39 is 0 Å². The van der Waals surface area contributed by atoms with Gasteiger partial charge in [-0.2, -0.15) is 0 Å². The zero-order chi connectivity index (χ0) is 9.68. The minimum atomic E-state index is 1.02. The second kappa shape index (κ2) is 4.65. The van der Waals surface area contributed by atoms with Crippen LogP contribution in [0.25, 0.3) is 6.20 Å². The number of aromatic nitrogens is 2. The molecule has 0 aliphatic heterocycles. The fraction of sp³-hybridized carbons (Fsp3) is 0.364. The van der Waals surface area contributed by atoms with Crippen molar-refractivity contribution in [2.45, 2.75) is 27.2 Å². The number of hydrogen-bond donors (Lipinski definition) is 0. The zero-order valence-corrected chi connectivity index (χ0v) is 8.49. The minimum Gasteiger partial charge on any atom is -0.311 e. The summed E-state index contributed by atoms with van der Waals surface area (Å²) in [6.07, 6.45) is 11.1. The van der Waals surface area contributed by atoms with E-state index in [1.165, 1.54) is 5.57 Å². The fourth-order valence-electron chi connectivity index (χ4n) is 1.17. The number of rotatable bonds is 3. The Balaban J connectivity index is 2.91. The van der Waals surface area contributed by atoms with Crippen LogP contribution in [0.15, 0.2) is 30.1 Å². The van der Waals surface area contributed by atoms with Gasteiger partial charge in [0.25, 0.3) is 0 Å². The van der Waals surface area contributed by atoms with E-state index in [2.05, 4.69) is 30.3 Å². The van der Waals surface area contributed by atoms with Gasteiger partial charge in [-0.3, -0.25) is 0 Å². The Hall–Kier alpha value is -1.31. The molecule has 0 fully saturated rings. The lowest BCUT2D eigenvalue weighted by Crippen LogP contribution is -1.89. The monoisotopic (exact) mass is 176 g/mol. The van der Waals surface area contributed by atoms with E-state index in [1.54, 1.807) is 0 Å². The first-order valence-electron chi connectivity index (χ1n) is 4.60. The van der Waals surface area contributed by atoms with Gasteiger partial charge in [0, 0.05) is 18.6 Å². The maximum atomic E-state index is 4.16. The van der Waals surface area contributed by atoms with Crippen molar-refractivity contribution < 1.29 is 0 Å². The topological polar surface area (TPSA) is 17.8 Å². The number of nitrogens with zero attached hydrogens (tertiary/aromatic N) is 2. The van der Waals surface area contributed by atoms with E-state index in [0.29, 0.717) is 0 Å². The van der Waals surface area contributed by atoms with Crippen LogP contribution in [-0.4, -0.2) is 9.55 Å². The molecule has 0 aliphatic rings. The standard InChI is InChI=1S/C11H16N2/c1-4-6-11(5-2)9-13-8-7-12-10(13)3/h4,6-9H,5H2,1-3H3/b6-4-,11-9-. The van der Waals surface area contributed by atoms with Gasteiger partial charge >= 0.3 is 0 Å². The molecule has 0 N–H and O–H groups in total. The second-order valence-corrected chi connectivity index (χ2v) is 2.94. The van der Waals surface area contributed by atoms with E-state index in [4.69, 9.17) is 0 Å². The second-order valence-electron chi connectivity index (χ2n) is 2.94. The van der Waals surface area contributed by atoms with E-state index in [9.17, 15) is 0 Å². The molecule has 0 radical (unpaired) electrons. The third kappa shape index (κ3) is 2.58. The molecule has 1 rings (SSSR count). The summed E-state index contributed by atoms with van der Waals surface area (Å²) in [5.41, 5.74) is 1.31. The van der Waals surface area contributed by atoms with Crippen molar-refractivity contribution in [3.8, 4) is 0 Å². The highest BCUT2D eigenvalue weighted by molar-refractivity contribution is 5.38. The fourth-order valence-corrected chi connectivity index (χ4v) is 1.17. The van der Waals surface area contributed by atoms with E-state index in [1.807, 2.05) is 30.8 Å². The van der Waals surface area contributed by atoms with Crippen LogP contribution in [0.2, 0.25) is 0 Å². The summed E-state index contributed by atoms with van der Waals surface area (Å²) in [6, 6.07) is 0. The lowest BCUT2D eigenvalue weighted by Gasteiger charge is -2.00. The molecule has 0 bridgehead atoms. The van der Waals surface area contributed by atoms with Crippen LogP contribution in [0.4, 0.5) is 0 Å². The van der Waals surface area contributed by atoms with Gasteiger partial charge in [-0.15, -0.1) is 0 Å². The van der Waals surface area contributed by atoms with Gasteiger partial charge in [0.15, 0.2) is 0 Å². The average molecular weight is 176 g/mol. The number of aryl methyl sites for hydroxylation is 1. The maximum absolute atomic E-state index is 4.16. The normalized spacial score (nSPS) is 12.7. The average Bonchev–Trinajstić information content (AvgIpc) is 2.51. The molecular weight excluding hydrogens is 160 g/mol. The van der Waals surface area contributed by atoms with Gasteiger partial charge in [0.2, 0.25) is 0 Å². The van der Waals surface area contributed by atoms with Crippen LogP contribution >= 0.6 is 0 Å². The number of hydrogen-bond acceptors (Lipinski definition) is 1. The van der Waals surface area contributed by atoms with Crippen molar-refractivity contribution in [1.29, 1.82) is 0 Å². The maximum Gasteiger partial charge on any atom is 0.109 e. The summed E-state index contributed by atoms with van der Waals surface area (Å²) >= 11 is 0. The molecule has 0 amide bonds. The van der Waals surface area contributed by atoms with Crippen LogP contribution in [-0.2, 0) is 0 Å². The number of imidazole rings is 1. The summed E-state index contributed by atoms with van der Waals surface area (Å²) in [6.45, 7) is 6.18. The molecular formula is C11H16N2. The molecule has 0 atom stereocenters.